The van der Waals surface area contributed by atoms with Gasteiger partial charge in [-0.25, -0.2) is 0 Å². The van der Waals surface area contributed by atoms with Gasteiger partial charge in [-0.05, 0) is 68.0 Å². The van der Waals surface area contributed by atoms with Gasteiger partial charge in [0.1, 0.15) is 5.75 Å². The van der Waals surface area contributed by atoms with Crippen LogP contribution in [0, 0.1) is 0 Å². The van der Waals surface area contributed by atoms with E-state index >= 15 is 0 Å². The Morgan fingerprint density at radius 2 is 1.64 bits per heavy atom. The maximum Gasteiger partial charge on any atom is 0.119 e. The molecule has 3 rings (SSSR count). The molecule has 2 nitrogen and oxygen atoms in total. The Hall–Kier alpha value is -1.80. The van der Waals surface area contributed by atoms with Gasteiger partial charge in [0, 0.05) is 0 Å². The Bertz CT molecular complexity index is 544. The molecule has 2 aromatic rings. The van der Waals surface area contributed by atoms with Crippen LogP contribution < -0.4 is 10.1 Å². The van der Waals surface area contributed by atoms with Gasteiger partial charge in [0.25, 0.3) is 0 Å². The first-order chi connectivity index (χ1) is 10.9. The van der Waals surface area contributed by atoms with Crippen LogP contribution in [0.2, 0.25) is 0 Å². The summed E-state index contributed by atoms with van der Waals surface area (Å²) in [7, 11) is 0. The zero-order valence-electron chi connectivity index (χ0n) is 13.1. The third kappa shape index (κ3) is 4.35. The Balaban J connectivity index is 1.43. The molecular weight excluding hydrogens is 270 g/mol. The second-order valence-electron chi connectivity index (χ2n) is 6.03. The van der Waals surface area contributed by atoms with Crippen LogP contribution in [0.5, 0.6) is 5.75 Å². The Labute approximate surface area is 133 Å². The molecule has 22 heavy (non-hydrogen) atoms. The lowest BCUT2D eigenvalue weighted by molar-refractivity contribution is 0.311. The molecular formula is C20H25NO. The minimum absolute atomic E-state index is 0.716. The molecule has 116 valence electrons. The van der Waals surface area contributed by atoms with Gasteiger partial charge in [-0.1, -0.05) is 42.5 Å². The fourth-order valence-corrected chi connectivity index (χ4v) is 3.10. The Kier molecular flexibility index (Phi) is 5.49. The van der Waals surface area contributed by atoms with E-state index < -0.39 is 0 Å². The number of benzene rings is 2. The molecule has 0 bridgehead atoms. The lowest BCUT2D eigenvalue weighted by Crippen LogP contribution is -2.26. The summed E-state index contributed by atoms with van der Waals surface area (Å²) < 4.78 is 5.86. The predicted molar refractivity (Wildman–Crippen MR) is 91.5 cm³/mol. The zero-order chi connectivity index (χ0) is 15.0. The number of ether oxygens (including phenoxy) is 1. The van der Waals surface area contributed by atoms with Crippen molar-refractivity contribution in [3.63, 3.8) is 0 Å². The molecule has 0 amide bonds. The summed E-state index contributed by atoms with van der Waals surface area (Å²) in [6.45, 7) is 3.06. The molecule has 0 saturated carbocycles. The molecule has 0 radical (unpaired) electrons. The normalized spacial score (nSPS) is 15.6. The number of nitrogens with one attached hydrogen (secondary N) is 1. The van der Waals surface area contributed by atoms with Crippen molar-refractivity contribution in [2.24, 2.45) is 0 Å². The highest BCUT2D eigenvalue weighted by Crippen LogP contribution is 2.26. The fraction of sp³-hybridized carbons (Fsp3) is 0.400. The van der Waals surface area contributed by atoms with Crippen LogP contribution in [0.3, 0.4) is 0 Å². The van der Waals surface area contributed by atoms with E-state index in [1.165, 1.54) is 24.0 Å². The molecule has 1 N–H and O–H groups in total. The van der Waals surface area contributed by atoms with Crippen molar-refractivity contribution in [1.29, 1.82) is 0 Å². The summed E-state index contributed by atoms with van der Waals surface area (Å²) in [4.78, 5) is 0. The first-order valence-electron chi connectivity index (χ1n) is 8.39. The second-order valence-corrected chi connectivity index (χ2v) is 6.03. The molecule has 1 heterocycles. The van der Waals surface area contributed by atoms with Gasteiger partial charge in [-0.2, -0.15) is 0 Å². The molecule has 0 unspecified atom stereocenters. The monoisotopic (exact) mass is 295 g/mol. The van der Waals surface area contributed by atoms with Crippen molar-refractivity contribution >= 4 is 0 Å². The molecule has 2 heteroatoms. The quantitative estimate of drug-likeness (QED) is 0.808. The van der Waals surface area contributed by atoms with Gasteiger partial charge < -0.3 is 10.1 Å². The first kappa shape index (κ1) is 15.1. The topological polar surface area (TPSA) is 21.3 Å². The minimum atomic E-state index is 0.716. The average molecular weight is 295 g/mol. The smallest absolute Gasteiger partial charge is 0.119 e. The zero-order valence-corrected chi connectivity index (χ0v) is 13.1. The largest absolute Gasteiger partial charge is 0.494 e. The van der Waals surface area contributed by atoms with Gasteiger partial charge in [-0.3, -0.25) is 0 Å². The van der Waals surface area contributed by atoms with E-state index in [1.807, 2.05) is 0 Å². The molecule has 2 aromatic carbocycles. The number of hydrogen-bond donors (Lipinski definition) is 1. The molecule has 1 aliphatic rings. The van der Waals surface area contributed by atoms with E-state index in [4.69, 9.17) is 4.74 Å². The average Bonchev–Trinajstić information content (AvgIpc) is 2.61. The third-order valence-electron chi connectivity index (χ3n) is 4.41. The maximum absolute atomic E-state index is 5.86. The number of hydrogen-bond acceptors (Lipinski definition) is 2. The molecule has 1 aliphatic heterocycles. The number of aryl methyl sites for hydroxylation is 1. The summed E-state index contributed by atoms with van der Waals surface area (Å²) in [5, 5.41) is 3.42. The van der Waals surface area contributed by atoms with Crippen LogP contribution in [-0.2, 0) is 6.42 Å². The van der Waals surface area contributed by atoms with Gasteiger partial charge in [0.05, 0.1) is 6.61 Å². The number of rotatable bonds is 6. The van der Waals surface area contributed by atoms with Crippen molar-refractivity contribution < 1.29 is 4.74 Å². The molecule has 0 atom stereocenters. The van der Waals surface area contributed by atoms with E-state index in [9.17, 15) is 0 Å². The van der Waals surface area contributed by atoms with Crippen LogP contribution in [0.1, 0.15) is 36.3 Å². The van der Waals surface area contributed by atoms with Crippen LogP contribution in [0.25, 0.3) is 0 Å². The minimum Gasteiger partial charge on any atom is -0.494 e. The SMILES string of the molecule is c1ccc(CCCOc2ccc(C3CCNCC3)cc2)cc1. The highest BCUT2D eigenvalue weighted by atomic mass is 16.5. The van der Waals surface area contributed by atoms with Crippen molar-refractivity contribution in [3.05, 3.63) is 65.7 Å². The summed E-state index contributed by atoms with van der Waals surface area (Å²) >= 11 is 0. The van der Waals surface area contributed by atoms with E-state index in [0.717, 1.165) is 38.3 Å². The summed E-state index contributed by atoms with van der Waals surface area (Å²) in [6, 6.07) is 19.3. The lowest BCUT2D eigenvalue weighted by Gasteiger charge is -2.23. The second kappa shape index (κ2) is 8.00. The summed E-state index contributed by atoms with van der Waals surface area (Å²) in [5.74, 6) is 1.71. The van der Waals surface area contributed by atoms with Gasteiger partial charge in [-0.15, -0.1) is 0 Å². The third-order valence-corrected chi connectivity index (χ3v) is 4.41. The van der Waals surface area contributed by atoms with E-state index in [1.54, 1.807) is 0 Å². The fourth-order valence-electron chi connectivity index (χ4n) is 3.10. The molecule has 1 fully saturated rings. The molecule has 0 aromatic heterocycles. The van der Waals surface area contributed by atoms with Crippen molar-refractivity contribution in [2.45, 2.75) is 31.6 Å². The maximum atomic E-state index is 5.86. The van der Waals surface area contributed by atoms with Gasteiger partial charge in [0.15, 0.2) is 0 Å². The van der Waals surface area contributed by atoms with Crippen LogP contribution in [0.15, 0.2) is 54.6 Å². The summed E-state index contributed by atoms with van der Waals surface area (Å²) in [5.41, 5.74) is 2.84. The molecule has 1 saturated heterocycles. The van der Waals surface area contributed by atoms with Crippen LogP contribution >= 0.6 is 0 Å². The van der Waals surface area contributed by atoms with Crippen LogP contribution in [-0.4, -0.2) is 19.7 Å². The van der Waals surface area contributed by atoms with E-state index in [2.05, 4.69) is 59.9 Å². The van der Waals surface area contributed by atoms with Crippen molar-refractivity contribution in [2.75, 3.05) is 19.7 Å². The van der Waals surface area contributed by atoms with E-state index in [0.29, 0.717) is 5.92 Å². The van der Waals surface area contributed by atoms with Crippen LogP contribution in [0.4, 0.5) is 0 Å². The highest BCUT2D eigenvalue weighted by Gasteiger charge is 2.14. The standard InChI is InChI=1S/C20H25NO/c1-2-5-17(6-3-1)7-4-16-22-20-10-8-18(9-11-20)19-12-14-21-15-13-19/h1-3,5-6,8-11,19,21H,4,7,12-16H2. The lowest BCUT2D eigenvalue weighted by atomic mass is 9.90. The van der Waals surface area contributed by atoms with Gasteiger partial charge >= 0.3 is 0 Å². The van der Waals surface area contributed by atoms with E-state index in [-0.39, 0.29) is 0 Å². The van der Waals surface area contributed by atoms with Gasteiger partial charge in [0.2, 0.25) is 0 Å². The Morgan fingerprint density at radius 3 is 2.36 bits per heavy atom. The Morgan fingerprint density at radius 1 is 0.909 bits per heavy atom. The first-order valence-corrected chi connectivity index (χ1v) is 8.39. The van der Waals surface area contributed by atoms with Crippen molar-refractivity contribution in [1.82, 2.24) is 5.32 Å². The van der Waals surface area contributed by atoms with Crippen molar-refractivity contribution in [3.8, 4) is 5.75 Å². The molecule has 0 spiro atoms. The predicted octanol–water partition coefficient (Wildman–Crippen LogP) is 4.17. The summed E-state index contributed by atoms with van der Waals surface area (Å²) in [6.07, 6.45) is 4.63. The number of piperidine rings is 1. The molecule has 0 aliphatic carbocycles. The highest BCUT2D eigenvalue weighted by molar-refractivity contribution is 5.29.